The molecule has 2 unspecified atom stereocenters. The van der Waals surface area contributed by atoms with Crippen molar-refractivity contribution < 1.29 is 19.1 Å². The number of likely N-dealkylation sites (tertiary alicyclic amines) is 2. The van der Waals surface area contributed by atoms with Gasteiger partial charge in [-0.15, -0.1) is 0 Å². The third kappa shape index (κ3) is 5.30. The van der Waals surface area contributed by atoms with E-state index < -0.39 is 17.6 Å². The Morgan fingerprint density at radius 2 is 1.69 bits per heavy atom. The number of carbonyl (C=O) groups excluding carboxylic acids is 3. The summed E-state index contributed by atoms with van der Waals surface area (Å²) in [6.45, 7) is 11.9. The van der Waals surface area contributed by atoms with Gasteiger partial charge in [0.15, 0.2) is 0 Å². The predicted molar refractivity (Wildman–Crippen MR) is 158 cm³/mol. The molecule has 4 fully saturated rings. The normalized spacial score (nSPS) is 25.0. The number of ether oxygens (including phenoxy) is 1. The van der Waals surface area contributed by atoms with Gasteiger partial charge in [0.25, 0.3) is 0 Å². The Labute approximate surface area is 246 Å². The van der Waals surface area contributed by atoms with E-state index in [0.717, 1.165) is 76.3 Å². The number of imide groups is 1. The highest BCUT2D eigenvalue weighted by atomic mass is 16.6. The standard InChI is InChI=1S/C30H43N7O5/c1-30(2,3)42-29(41)36-13-6-5-10-25(36)35-18-20(19-35)33-14-16-34(17-15-33)21-8-7-9-22-26(21)32(4)28(40)37(22)23-11-12-24(38)31-27(23)39/h7-9,20,23,25H,5-6,10-19H2,1-4H3,(H,31,38,39). The van der Waals surface area contributed by atoms with Crippen molar-refractivity contribution in [3.63, 3.8) is 0 Å². The predicted octanol–water partition coefficient (Wildman–Crippen LogP) is 1.87. The maximum absolute atomic E-state index is 13.3. The van der Waals surface area contributed by atoms with E-state index >= 15 is 0 Å². The van der Waals surface area contributed by atoms with Crippen LogP contribution in [0, 0.1) is 0 Å². The Morgan fingerprint density at radius 1 is 0.952 bits per heavy atom. The second-order valence-corrected chi connectivity index (χ2v) is 13.1. The molecule has 2 aromatic rings. The van der Waals surface area contributed by atoms with Crippen molar-refractivity contribution in [3.8, 4) is 0 Å². The number of benzene rings is 1. The first-order valence-electron chi connectivity index (χ1n) is 15.3. The van der Waals surface area contributed by atoms with E-state index in [2.05, 4.69) is 20.0 Å². The average molecular weight is 582 g/mol. The van der Waals surface area contributed by atoms with Gasteiger partial charge in [-0.2, -0.15) is 0 Å². The van der Waals surface area contributed by atoms with Crippen LogP contribution < -0.4 is 15.9 Å². The summed E-state index contributed by atoms with van der Waals surface area (Å²) >= 11 is 0. The molecule has 42 heavy (non-hydrogen) atoms. The molecule has 4 saturated heterocycles. The summed E-state index contributed by atoms with van der Waals surface area (Å²) in [7, 11) is 1.75. The van der Waals surface area contributed by atoms with Crippen LogP contribution in [0.2, 0.25) is 0 Å². The number of nitrogens with zero attached hydrogens (tertiary/aromatic N) is 6. The number of para-hydroxylation sites is 1. The fourth-order valence-electron chi connectivity index (χ4n) is 7.02. The van der Waals surface area contributed by atoms with E-state index in [0.29, 0.717) is 18.0 Å². The van der Waals surface area contributed by atoms with Crippen LogP contribution in [-0.4, -0.2) is 105 Å². The Kier molecular flexibility index (Phi) is 7.55. The fourth-order valence-corrected chi connectivity index (χ4v) is 7.02. The van der Waals surface area contributed by atoms with E-state index in [1.54, 1.807) is 16.2 Å². The molecule has 4 aliphatic heterocycles. The number of rotatable bonds is 4. The summed E-state index contributed by atoms with van der Waals surface area (Å²) in [6, 6.07) is 5.64. The number of fused-ring (bicyclic) bond motifs is 1. The average Bonchev–Trinajstić information content (AvgIpc) is 3.17. The molecular formula is C30H43N7O5. The molecule has 2 atom stereocenters. The fraction of sp³-hybridized carbons (Fsp3) is 0.667. The quantitative estimate of drug-likeness (QED) is 0.545. The molecule has 0 bridgehead atoms. The molecule has 228 valence electrons. The number of aromatic nitrogens is 2. The van der Waals surface area contributed by atoms with Gasteiger partial charge in [-0.05, 0) is 58.6 Å². The first-order chi connectivity index (χ1) is 20.0. The summed E-state index contributed by atoms with van der Waals surface area (Å²) in [6.07, 6.45) is 3.58. The van der Waals surface area contributed by atoms with Gasteiger partial charge in [0, 0.05) is 65.3 Å². The molecule has 5 heterocycles. The highest BCUT2D eigenvalue weighted by molar-refractivity contribution is 6.00. The molecule has 0 spiro atoms. The monoisotopic (exact) mass is 581 g/mol. The van der Waals surface area contributed by atoms with Crippen LogP contribution >= 0.6 is 0 Å². The Morgan fingerprint density at radius 3 is 2.38 bits per heavy atom. The summed E-state index contributed by atoms with van der Waals surface area (Å²) in [4.78, 5) is 59.7. The zero-order valence-corrected chi connectivity index (χ0v) is 25.2. The van der Waals surface area contributed by atoms with E-state index in [1.807, 2.05) is 43.9 Å². The first kappa shape index (κ1) is 28.7. The maximum Gasteiger partial charge on any atom is 0.411 e. The number of amides is 3. The van der Waals surface area contributed by atoms with Gasteiger partial charge < -0.3 is 9.64 Å². The number of carbonyl (C=O) groups is 3. The summed E-state index contributed by atoms with van der Waals surface area (Å²) in [5.74, 6) is -0.714. The van der Waals surface area contributed by atoms with Gasteiger partial charge in [-0.25, -0.2) is 9.59 Å². The van der Waals surface area contributed by atoms with Gasteiger partial charge >= 0.3 is 11.8 Å². The zero-order chi connectivity index (χ0) is 29.8. The first-order valence-corrected chi connectivity index (χ1v) is 15.3. The molecule has 0 aliphatic carbocycles. The number of hydrogen-bond acceptors (Lipinski definition) is 8. The SMILES string of the molecule is Cn1c(=O)n(C2CCC(=O)NC2=O)c2cccc(N3CCN(C4CN(C5CCCCN5C(=O)OC(C)(C)C)C4)CC3)c21. The number of aryl methyl sites for hydroxylation is 1. The van der Waals surface area contributed by atoms with Crippen LogP contribution in [-0.2, 0) is 21.4 Å². The third-order valence-electron chi connectivity index (χ3n) is 9.19. The number of nitrogens with one attached hydrogen (secondary N) is 1. The van der Waals surface area contributed by atoms with E-state index in [4.69, 9.17) is 4.74 Å². The molecule has 1 aromatic carbocycles. The highest BCUT2D eigenvalue weighted by Gasteiger charge is 2.42. The molecule has 12 nitrogen and oxygen atoms in total. The Bertz CT molecular complexity index is 1430. The van der Waals surface area contributed by atoms with Crippen molar-refractivity contribution in [2.24, 2.45) is 7.05 Å². The van der Waals surface area contributed by atoms with Gasteiger partial charge in [-0.1, -0.05) is 6.07 Å². The minimum absolute atomic E-state index is 0.110. The second-order valence-electron chi connectivity index (χ2n) is 13.1. The largest absolute Gasteiger partial charge is 0.444 e. The van der Waals surface area contributed by atoms with Crippen molar-refractivity contribution in [3.05, 3.63) is 28.7 Å². The van der Waals surface area contributed by atoms with Crippen molar-refractivity contribution in [1.82, 2.24) is 29.2 Å². The number of anilines is 1. The zero-order valence-electron chi connectivity index (χ0n) is 25.2. The Hall–Kier alpha value is -3.38. The molecule has 0 radical (unpaired) electrons. The number of imidazole rings is 1. The molecule has 1 aromatic heterocycles. The van der Waals surface area contributed by atoms with Crippen LogP contribution in [0.25, 0.3) is 11.0 Å². The van der Waals surface area contributed by atoms with Crippen LogP contribution in [0.3, 0.4) is 0 Å². The lowest BCUT2D eigenvalue weighted by Crippen LogP contribution is -2.68. The van der Waals surface area contributed by atoms with Gasteiger partial charge in [0.2, 0.25) is 11.8 Å². The van der Waals surface area contributed by atoms with Crippen molar-refractivity contribution in [2.45, 2.75) is 76.7 Å². The lowest BCUT2D eigenvalue weighted by molar-refractivity contribution is -0.135. The summed E-state index contributed by atoms with van der Waals surface area (Å²) in [5, 5.41) is 2.38. The molecule has 0 saturated carbocycles. The van der Waals surface area contributed by atoms with Crippen molar-refractivity contribution in [2.75, 3.05) is 50.7 Å². The van der Waals surface area contributed by atoms with Crippen molar-refractivity contribution in [1.29, 1.82) is 0 Å². The summed E-state index contributed by atoms with van der Waals surface area (Å²) in [5.41, 5.74) is 1.77. The van der Waals surface area contributed by atoms with E-state index in [9.17, 15) is 19.2 Å². The topological polar surface area (TPSA) is 112 Å². The van der Waals surface area contributed by atoms with E-state index in [-0.39, 0.29) is 30.3 Å². The second kappa shape index (κ2) is 11.0. The number of piperazine rings is 1. The lowest BCUT2D eigenvalue weighted by atomic mass is 10.00. The van der Waals surface area contributed by atoms with Gasteiger partial charge in [0.05, 0.1) is 22.9 Å². The smallest absolute Gasteiger partial charge is 0.411 e. The van der Waals surface area contributed by atoms with Gasteiger partial charge in [0.1, 0.15) is 11.6 Å². The van der Waals surface area contributed by atoms with Crippen LogP contribution in [0.5, 0.6) is 0 Å². The number of hydrogen-bond donors (Lipinski definition) is 1. The Balaban J connectivity index is 1.10. The number of piperidine rings is 2. The maximum atomic E-state index is 13.3. The van der Waals surface area contributed by atoms with Gasteiger partial charge in [-0.3, -0.25) is 38.7 Å². The molecule has 4 aliphatic rings. The van der Waals surface area contributed by atoms with Crippen LogP contribution in [0.15, 0.2) is 23.0 Å². The molecule has 12 heteroatoms. The minimum atomic E-state index is -0.692. The summed E-state index contributed by atoms with van der Waals surface area (Å²) < 4.78 is 8.88. The van der Waals surface area contributed by atoms with Crippen LogP contribution in [0.1, 0.15) is 58.9 Å². The molecule has 1 N–H and O–H groups in total. The third-order valence-corrected chi connectivity index (χ3v) is 9.19. The lowest BCUT2D eigenvalue weighted by Gasteiger charge is -2.53. The molecule has 6 rings (SSSR count). The molecule has 3 amide bonds. The van der Waals surface area contributed by atoms with E-state index in [1.165, 1.54) is 0 Å². The minimum Gasteiger partial charge on any atom is -0.444 e. The molecular weight excluding hydrogens is 538 g/mol. The van der Waals surface area contributed by atoms with Crippen LogP contribution in [0.4, 0.5) is 10.5 Å². The van der Waals surface area contributed by atoms with Crippen molar-refractivity contribution >= 4 is 34.6 Å². The highest BCUT2D eigenvalue weighted by Crippen LogP contribution is 2.32.